The van der Waals surface area contributed by atoms with Gasteiger partial charge in [-0.05, 0) is 43.2 Å². The second kappa shape index (κ2) is 9.29. The molecule has 2 heterocycles. The molecule has 2 aliphatic rings. The normalized spacial score (nSPS) is 18.8. The average Bonchev–Trinajstić information content (AvgIpc) is 3.03. The Morgan fingerprint density at radius 3 is 2.56 bits per heavy atom. The Morgan fingerprint density at radius 1 is 1.26 bits per heavy atom. The number of halogens is 4. The Bertz CT molecular complexity index is 629. The van der Waals surface area contributed by atoms with E-state index in [1.54, 1.807) is 7.05 Å². The molecule has 5 nitrogen and oxygen atoms in total. The predicted octanol–water partition coefficient (Wildman–Crippen LogP) is 3.97. The topological polar surface area (TPSA) is 52.6 Å². The van der Waals surface area contributed by atoms with Crippen molar-refractivity contribution in [3.8, 4) is 0 Å². The van der Waals surface area contributed by atoms with E-state index in [1.807, 2.05) is 0 Å². The smallest absolute Gasteiger partial charge is 0.370 e. The van der Waals surface area contributed by atoms with Gasteiger partial charge < -0.3 is 15.5 Å². The molecule has 1 aliphatic heterocycles. The molecule has 0 unspecified atom stereocenters. The minimum Gasteiger partial charge on any atom is -0.370 e. The fourth-order valence-corrected chi connectivity index (χ4v) is 3.70. The van der Waals surface area contributed by atoms with Crippen LogP contribution in [0.4, 0.5) is 19.0 Å². The van der Waals surface area contributed by atoms with Crippen LogP contribution in [0.2, 0.25) is 0 Å². The second-order valence-electron chi connectivity index (χ2n) is 7.21. The maximum Gasteiger partial charge on any atom is 0.417 e. The third kappa shape index (κ3) is 5.61. The van der Waals surface area contributed by atoms with Gasteiger partial charge in [-0.2, -0.15) is 13.2 Å². The van der Waals surface area contributed by atoms with Gasteiger partial charge in [0.1, 0.15) is 5.82 Å². The summed E-state index contributed by atoms with van der Waals surface area (Å²) in [5.74, 6) is 1.40. The quantitative estimate of drug-likeness (QED) is 0.280. The number of likely N-dealkylation sites (tertiary alicyclic amines) is 1. The Kier molecular flexibility index (Phi) is 7.58. The van der Waals surface area contributed by atoms with Gasteiger partial charge in [-0.25, -0.2) is 4.98 Å². The molecular weight excluding hydrogens is 470 g/mol. The summed E-state index contributed by atoms with van der Waals surface area (Å²) >= 11 is 0. The van der Waals surface area contributed by atoms with Crippen LogP contribution in [-0.4, -0.2) is 49.1 Å². The molecule has 1 aliphatic carbocycles. The summed E-state index contributed by atoms with van der Waals surface area (Å²) < 4.78 is 37.5. The first-order chi connectivity index (χ1) is 12.4. The van der Waals surface area contributed by atoms with Gasteiger partial charge in [-0.15, -0.1) is 24.0 Å². The van der Waals surface area contributed by atoms with Gasteiger partial charge in [0.25, 0.3) is 0 Å². The van der Waals surface area contributed by atoms with Crippen molar-refractivity contribution in [3.63, 3.8) is 0 Å². The standard InChI is InChI=1S/C18H26F3N5.HI/c1-22-16(26-11-8-17(13-26)6-2-7-17)24-10-3-9-23-15-5-4-14(12-25-15)18(19,20)21;/h4-5,12H,2-3,6-11,13H2,1H3,(H,22,24)(H,23,25);1H. The van der Waals surface area contributed by atoms with Crippen molar-refractivity contribution < 1.29 is 13.2 Å². The zero-order valence-corrected chi connectivity index (χ0v) is 17.8. The molecule has 2 fully saturated rings. The summed E-state index contributed by atoms with van der Waals surface area (Å²) in [4.78, 5) is 10.5. The summed E-state index contributed by atoms with van der Waals surface area (Å²) in [6.45, 7) is 3.55. The van der Waals surface area contributed by atoms with E-state index in [0.717, 1.165) is 44.3 Å². The number of aromatic nitrogens is 1. The summed E-state index contributed by atoms with van der Waals surface area (Å²) in [5, 5.41) is 6.42. The monoisotopic (exact) mass is 497 g/mol. The molecular formula is C18H27F3IN5. The molecule has 1 aromatic heterocycles. The van der Waals surface area contributed by atoms with E-state index in [9.17, 15) is 13.2 Å². The molecule has 1 aromatic rings. The zero-order chi connectivity index (χ0) is 18.6. The maximum absolute atomic E-state index is 12.5. The lowest BCUT2D eigenvalue weighted by molar-refractivity contribution is -0.137. The predicted molar refractivity (Wildman–Crippen MR) is 112 cm³/mol. The van der Waals surface area contributed by atoms with Gasteiger partial charge in [0, 0.05) is 39.4 Å². The van der Waals surface area contributed by atoms with Crippen molar-refractivity contribution in [1.82, 2.24) is 15.2 Å². The van der Waals surface area contributed by atoms with Crippen LogP contribution in [0.15, 0.2) is 23.3 Å². The van der Waals surface area contributed by atoms with E-state index < -0.39 is 11.7 Å². The van der Waals surface area contributed by atoms with Crippen LogP contribution in [0.1, 0.15) is 37.7 Å². The summed E-state index contributed by atoms with van der Waals surface area (Å²) in [6.07, 6.45) is 2.61. The van der Waals surface area contributed by atoms with Crippen molar-refractivity contribution in [3.05, 3.63) is 23.9 Å². The van der Waals surface area contributed by atoms with E-state index >= 15 is 0 Å². The third-order valence-corrected chi connectivity index (χ3v) is 5.40. The fourth-order valence-electron chi connectivity index (χ4n) is 3.70. The number of pyridine rings is 1. The summed E-state index contributed by atoms with van der Waals surface area (Å²) in [7, 11) is 1.80. The highest BCUT2D eigenvalue weighted by molar-refractivity contribution is 14.0. The number of guanidine groups is 1. The number of alkyl halides is 3. The van der Waals surface area contributed by atoms with Gasteiger partial charge in [0.2, 0.25) is 0 Å². The Balaban J connectivity index is 0.00000261. The molecule has 1 saturated heterocycles. The summed E-state index contributed by atoms with van der Waals surface area (Å²) in [6, 6.07) is 2.40. The highest BCUT2D eigenvalue weighted by atomic mass is 127. The number of anilines is 1. The van der Waals surface area contributed by atoms with E-state index in [1.165, 1.54) is 31.7 Å². The van der Waals surface area contributed by atoms with Gasteiger partial charge >= 0.3 is 6.18 Å². The van der Waals surface area contributed by atoms with Gasteiger partial charge in [0.15, 0.2) is 5.96 Å². The fraction of sp³-hybridized carbons (Fsp3) is 0.667. The first-order valence-electron chi connectivity index (χ1n) is 9.15. The molecule has 2 N–H and O–H groups in total. The van der Waals surface area contributed by atoms with Crippen LogP contribution >= 0.6 is 24.0 Å². The molecule has 3 rings (SSSR count). The number of aliphatic imine (C=N–C) groups is 1. The molecule has 0 atom stereocenters. The van der Waals surface area contributed by atoms with Crippen molar-refractivity contribution >= 4 is 35.8 Å². The first kappa shape index (κ1) is 22.0. The Labute approximate surface area is 175 Å². The van der Waals surface area contributed by atoms with Crippen LogP contribution in [-0.2, 0) is 6.18 Å². The van der Waals surface area contributed by atoms with Crippen molar-refractivity contribution in [2.75, 3.05) is 38.5 Å². The highest BCUT2D eigenvalue weighted by Crippen LogP contribution is 2.47. The first-order valence-corrected chi connectivity index (χ1v) is 9.15. The molecule has 0 bridgehead atoms. The SMILES string of the molecule is CN=C(NCCCNc1ccc(C(F)(F)F)cn1)N1CCC2(CCC2)C1.I. The average molecular weight is 497 g/mol. The van der Waals surface area contributed by atoms with Crippen LogP contribution in [0.5, 0.6) is 0 Å². The number of hydrogen-bond donors (Lipinski definition) is 2. The van der Waals surface area contributed by atoms with Crippen LogP contribution < -0.4 is 10.6 Å². The molecule has 9 heteroatoms. The summed E-state index contributed by atoms with van der Waals surface area (Å²) in [5.41, 5.74) is -0.198. The Hall–Kier alpha value is -1.26. The minimum absolute atomic E-state index is 0. The van der Waals surface area contributed by atoms with Gasteiger partial charge in [-0.3, -0.25) is 4.99 Å². The molecule has 0 aromatic carbocycles. The van der Waals surface area contributed by atoms with E-state index in [2.05, 4.69) is 25.5 Å². The lowest BCUT2D eigenvalue weighted by atomic mass is 9.68. The lowest BCUT2D eigenvalue weighted by Crippen LogP contribution is -2.43. The molecule has 0 radical (unpaired) electrons. The van der Waals surface area contributed by atoms with Crippen LogP contribution in [0.3, 0.4) is 0 Å². The Morgan fingerprint density at radius 2 is 2.04 bits per heavy atom. The molecule has 0 amide bonds. The number of hydrogen-bond acceptors (Lipinski definition) is 3. The lowest BCUT2D eigenvalue weighted by Gasteiger charge is -2.38. The van der Waals surface area contributed by atoms with Crippen LogP contribution in [0, 0.1) is 5.41 Å². The van der Waals surface area contributed by atoms with Crippen molar-refractivity contribution in [2.24, 2.45) is 10.4 Å². The molecule has 1 saturated carbocycles. The van der Waals surface area contributed by atoms with Crippen LogP contribution in [0.25, 0.3) is 0 Å². The van der Waals surface area contributed by atoms with Gasteiger partial charge in [0.05, 0.1) is 5.56 Å². The largest absolute Gasteiger partial charge is 0.417 e. The molecule has 152 valence electrons. The minimum atomic E-state index is -4.35. The van der Waals surface area contributed by atoms with Crippen molar-refractivity contribution in [1.29, 1.82) is 0 Å². The van der Waals surface area contributed by atoms with E-state index in [0.29, 0.717) is 17.8 Å². The molecule has 1 spiro atoms. The zero-order valence-electron chi connectivity index (χ0n) is 15.5. The van der Waals surface area contributed by atoms with Crippen molar-refractivity contribution in [2.45, 2.75) is 38.3 Å². The second-order valence-corrected chi connectivity index (χ2v) is 7.21. The van der Waals surface area contributed by atoms with Gasteiger partial charge in [-0.1, -0.05) is 6.42 Å². The van der Waals surface area contributed by atoms with E-state index in [-0.39, 0.29) is 24.0 Å². The maximum atomic E-state index is 12.5. The number of nitrogens with zero attached hydrogens (tertiary/aromatic N) is 3. The third-order valence-electron chi connectivity index (χ3n) is 5.40. The highest BCUT2D eigenvalue weighted by Gasteiger charge is 2.43. The molecule has 27 heavy (non-hydrogen) atoms. The number of nitrogens with one attached hydrogen (secondary N) is 2. The number of rotatable bonds is 5. The van der Waals surface area contributed by atoms with E-state index in [4.69, 9.17) is 0 Å².